The molecule has 68 valence electrons. The van der Waals surface area contributed by atoms with Gasteiger partial charge in [0.1, 0.15) is 5.82 Å². The molecule has 0 saturated heterocycles. The maximum Gasteiger partial charge on any atom is 0.252 e. The number of rotatable bonds is 1. The van der Waals surface area contributed by atoms with E-state index in [-0.39, 0.29) is 17.8 Å². The summed E-state index contributed by atoms with van der Waals surface area (Å²) in [4.78, 5) is 11.3. The van der Waals surface area contributed by atoms with Gasteiger partial charge in [-0.2, -0.15) is 0 Å². The fraction of sp³-hybridized carbons (Fsp3) is 0.300. The van der Waals surface area contributed by atoms with E-state index in [4.69, 9.17) is 0 Å². The molecule has 1 amide bonds. The standard InChI is InChI=1S/C10H10FNO/c1-2-8-9-6(10(13)12-8)4-3-5-7(9)11/h3-5,8H,2H2,1H3,(H,12,13). The van der Waals surface area contributed by atoms with Crippen LogP contribution in [0, 0.1) is 5.82 Å². The number of carbonyl (C=O) groups is 1. The molecule has 1 unspecified atom stereocenters. The molecule has 0 saturated carbocycles. The van der Waals surface area contributed by atoms with E-state index in [1.165, 1.54) is 6.07 Å². The van der Waals surface area contributed by atoms with Gasteiger partial charge in [0.25, 0.3) is 5.91 Å². The maximum atomic E-state index is 13.3. The summed E-state index contributed by atoms with van der Waals surface area (Å²) in [7, 11) is 0. The number of fused-ring (bicyclic) bond motifs is 1. The van der Waals surface area contributed by atoms with Gasteiger partial charge in [-0.25, -0.2) is 4.39 Å². The normalized spacial score (nSPS) is 19.8. The number of nitrogens with one attached hydrogen (secondary N) is 1. The minimum absolute atomic E-state index is 0.149. The Morgan fingerprint density at radius 2 is 2.31 bits per heavy atom. The summed E-state index contributed by atoms with van der Waals surface area (Å²) in [5, 5.41) is 2.73. The molecule has 1 aromatic rings. The quantitative estimate of drug-likeness (QED) is 0.702. The topological polar surface area (TPSA) is 29.1 Å². The van der Waals surface area contributed by atoms with Crippen molar-refractivity contribution in [2.75, 3.05) is 0 Å². The third-order valence-corrected chi connectivity index (χ3v) is 2.36. The molecule has 1 N–H and O–H groups in total. The van der Waals surface area contributed by atoms with Crippen molar-refractivity contribution in [2.24, 2.45) is 0 Å². The summed E-state index contributed by atoms with van der Waals surface area (Å²) >= 11 is 0. The zero-order chi connectivity index (χ0) is 9.42. The van der Waals surface area contributed by atoms with E-state index >= 15 is 0 Å². The zero-order valence-corrected chi connectivity index (χ0v) is 7.30. The average Bonchev–Trinajstić information content (AvgIpc) is 2.45. The monoisotopic (exact) mass is 179 g/mol. The van der Waals surface area contributed by atoms with Gasteiger partial charge in [-0.05, 0) is 18.6 Å². The van der Waals surface area contributed by atoms with Gasteiger partial charge in [0.15, 0.2) is 0 Å². The molecular weight excluding hydrogens is 169 g/mol. The smallest absolute Gasteiger partial charge is 0.252 e. The highest BCUT2D eigenvalue weighted by molar-refractivity contribution is 5.99. The van der Waals surface area contributed by atoms with Gasteiger partial charge in [-0.3, -0.25) is 4.79 Å². The Morgan fingerprint density at radius 3 is 3.00 bits per heavy atom. The molecule has 3 heteroatoms. The lowest BCUT2D eigenvalue weighted by atomic mass is 10.0. The van der Waals surface area contributed by atoms with E-state index in [2.05, 4.69) is 5.32 Å². The molecule has 0 bridgehead atoms. The second-order valence-corrected chi connectivity index (χ2v) is 3.14. The molecule has 1 aliphatic rings. The second kappa shape index (κ2) is 2.83. The molecule has 1 aliphatic heterocycles. The number of hydrogen-bond donors (Lipinski definition) is 1. The van der Waals surface area contributed by atoms with Gasteiger partial charge in [0.2, 0.25) is 0 Å². The van der Waals surface area contributed by atoms with Gasteiger partial charge in [0, 0.05) is 11.1 Å². The predicted molar refractivity (Wildman–Crippen MR) is 46.9 cm³/mol. The van der Waals surface area contributed by atoms with Crippen LogP contribution in [0.4, 0.5) is 4.39 Å². The van der Waals surface area contributed by atoms with Crippen molar-refractivity contribution >= 4 is 5.91 Å². The molecule has 2 rings (SSSR count). The van der Waals surface area contributed by atoms with Crippen molar-refractivity contribution < 1.29 is 9.18 Å². The fourth-order valence-electron chi connectivity index (χ4n) is 1.70. The number of halogens is 1. The molecule has 0 aromatic heterocycles. The van der Waals surface area contributed by atoms with Gasteiger partial charge in [-0.15, -0.1) is 0 Å². The number of hydrogen-bond acceptors (Lipinski definition) is 1. The summed E-state index contributed by atoms with van der Waals surface area (Å²) in [6.45, 7) is 1.92. The average molecular weight is 179 g/mol. The van der Waals surface area contributed by atoms with Crippen LogP contribution in [0.2, 0.25) is 0 Å². The van der Waals surface area contributed by atoms with Crippen LogP contribution in [0.1, 0.15) is 35.3 Å². The van der Waals surface area contributed by atoms with Gasteiger partial charge in [0.05, 0.1) is 6.04 Å². The Bertz CT molecular complexity index is 362. The van der Waals surface area contributed by atoms with Crippen molar-refractivity contribution in [2.45, 2.75) is 19.4 Å². The van der Waals surface area contributed by atoms with Crippen molar-refractivity contribution in [1.29, 1.82) is 0 Å². The highest BCUT2D eigenvalue weighted by atomic mass is 19.1. The lowest BCUT2D eigenvalue weighted by Crippen LogP contribution is -2.18. The van der Waals surface area contributed by atoms with Crippen LogP contribution in [0.3, 0.4) is 0 Å². The highest BCUT2D eigenvalue weighted by Gasteiger charge is 2.29. The molecule has 0 spiro atoms. The summed E-state index contributed by atoms with van der Waals surface area (Å²) in [5.41, 5.74) is 1.00. The minimum Gasteiger partial charge on any atom is -0.345 e. The van der Waals surface area contributed by atoms with Crippen LogP contribution in [0.15, 0.2) is 18.2 Å². The van der Waals surface area contributed by atoms with E-state index in [0.29, 0.717) is 11.1 Å². The molecule has 13 heavy (non-hydrogen) atoms. The summed E-state index contributed by atoms with van der Waals surface area (Å²) in [6, 6.07) is 4.46. The zero-order valence-electron chi connectivity index (χ0n) is 7.30. The van der Waals surface area contributed by atoms with Crippen LogP contribution in [-0.4, -0.2) is 5.91 Å². The Labute approximate surface area is 75.8 Å². The first-order valence-corrected chi connectivity index (χ1v) is 4.33. The minimum atomic E-state index is -0.289. The van der Waals surface area contributed by atoms with E-state index in [1.807, 2.05) is 6.92 Å². The van der Waals surface area contributed by atoms with E-state index in [0.717, 1.165) is 6.42 Å². The molecular formula is C10H10FNO. The number of carbonyl (C=O) groups excluding carboxylic acids is 1. The molecule has 0 aliphatic carbocycles. The second-order valence-electron chi connectivity index (χ2n) is 3.14. The Balaban J connectivity index is 2.58. The summed E-state index contributed by atoms with van der Waals surface area (Å²) < 4.78 is 13.3. The first kappa shape index (κ1) is 8.23. The predicted octanol–water partition coefficient (Wildman–Crippen LogP) is 2.02. The van der Waals surface area contributed by atoms with Crippen molar-refractivity contribution in [3.8, 4) is 0 Å². The molecule has 1 aromatic carbocycles. The largest absolute Gasteiger partial charge is 0.345 e. The van der Waals surface area contributed by atoms with Crippen molar-refractivity contribution in [1.82, 2.24) is 5.32 Å². The van der Waals surface area contributed by atoms with Crippen molar-refractivity contribution in [3.05, 3.63) is 35.1 Å². The third kappa shape index (κ3) is 1.11. The van der Waals surface area contributed by atoms with Gasteiger partial charge in [-0.1, -0.05) is 13.0 Å². The first-order valence-electron chi connectivity index (χ1n) is 4.33. The van der Waals surface area contributed by atoms with Gasteiger partial charge >= 0.3 is 0 Å². The molecule has 0 radical (unpaired) electrons. The van der Waals surface area contributed by atoms with E-state index in [1.54, 1.807) is 12.1 Å². The van der Waals surface area contributed by atoms with E-state index < -0.39 is 0 Å². The first-order chi connectivity index (χ1) is 6.24. The number of benzene rings is 1. The van der Waals surface area contributed by atoms with Crippen LogP contribution in [-0.2, 0) is 0 Å². The summed E-state index contributed by atoms with van der Waals surface area (Å²) in [5.74, 6) is -0.455. The highest BCUT2D eigenvalue weighted by Crippen LogP contribution is 2.29. The van der Waals surface area contributed by atoms with Crippen molar-refractivity contribution in [3.63, 3.8) is 0 Å². The van der Waals surface area contributed by atoms with Crippen LogP contribution >= 0.6 is 0 Å². The Morgan fingerprint density at radius 1 is 1.54 bits per heavy atom. The van der Waals surface area contributed by atoms with E-state index in [9.17, 15) is 9.18 Å². The third-order valence-electron chi connectivity index (χ3n) is 2.36. The number of amides is 1. The molecule has 2 nitrogen and oxygen atoms in total. The molecule has 1 heterocycles. The van der Waals surface area contributed by atoms with Crippen LogP contribution in [0.25, 0.3) is 0 Å². The lowest BCUT2D eigenvalue weighted by molar-refractivity contribution is 0.0955. The van der Waals surface area contributed by atoms with Crippen LogP contribution in [0.5, 0.6) is 0 Å². The molecule has 0 fully saturated rings. The summed E-state index contributed by atoms with van der Waals surface area (Å²) in [6.07, 6.45) is 0.722. The van der Waals surface area contributed by atoms with Gasteiger partial charge < -0.3 is 5.32 Å². The van der Waals surface area contributed by atoms with Crippen LogP contribution < -0.4 is 5.32 Å². The fourth-order valence-corrected chi connectivity index (χ4v) is 1.70. The Hall–Kier alpha value is -1.38. The molecule has 1 atom stereocenters. The Kier molecular flexibility index (Phi) is 1.79. The maximum absolute atomic E-state index is 13.3. The SMILES string of the molecule is CCC1NC(=O)c2cccc(F)c21. The lowest BCUT2D eigenvalue weighted by Gasteiger charge is -2.07.